The zero-order valence-electron chi connectivity index (χ0n) is 12.1. The number of hydrogen-bond donors (Lipinski definition) is 2. The Bertz CT molecular complexity index is 469. The average molecular weight is 260 g/mol. The molecule has 1 aliphatic rings. The van der Waals surface area contributed by atoms with Crippen LogP contribution in [0, 0.1) is 12.3 Å². The molecular weight excluding hydrogens is 236 g/mol. The lowest BCUT2D eigenvalue weighted by Gasteiger charge is -2.37. The topological polar surface area (TPSA) is 56.4 Å². The molecule has 0 amide bonds. The minimum absolute atomic E-state index is 0.148. The van der Waals surface area contributed by atoms with Gasteiger partial charge in [-0.15, -0.1) is 0 Å². The summed E-state index contributed by atoms with van der Waals surface area (Å²) in [6.07, 6.45) is 2.43. The van der Waals surface area contributed by atoms with E-state index in [1.54, 1.807) is 0 Å². The third-order valence-corrected chi connectivity index (χ3v) is 3.97. The number of likely N-dealkylation sites (N-methyl/N-ethyl adjacent to an activating group) is 2. The average Bonchev–Trinajstić information content (AvgIpc) is 2.37. The monoisotopic (exact) mass is 260 g/mol. The summed E-state index contributed by atoms with van der Waals surface area (Å²) < 4.78 is 0. The van der Waals surface area contributed by atoms with Crippen LogP contribution in [0.15, 0.2) is 18.2 Å². The van der Waals surface area contributed by atoms with Crippen LogP contribution >= 0.6 is 0 Å². The lowest BCUT2D eigenvalue weighted by atomic mass is 10.0. The van der Waals surface area contributed by atoms with Crippen molar-refractivity contribution in [2.45, 2.75) is 25.8 Å². The number of aryl methyl sites for hydroxylation is 1. The van der Waals surface area contributed by atoms with Crippen molar-refractivity contribution in [1.82, 2.24) is 4.90 Å². The van der Waals surface area contributed by atoms with Gasteiger partial charge in [0.1, 0.15) is 5.84 Å². The van der Waals surface area contributed by atoms with E-state index >= 15 is 0 Å². The molecule has 1 aromatic carbocycles. The van der Waals surface area contributed by atoms with Gasteiger partial charge >= 0.3 is 0 Å². The van der Waals surface area contributed by atoms with Crippen molar-refractivity contribution in [2.75, 3.05) is 32.1 Å². The maximum atomic E-state index is 7.76. The van der Waals surface area contributed by atoms with Crippen molar-refractivity contribution in [3.63, 3.8) is 0 Å². The fourth-order valence-electron chi connectivity index (χ4n) is 2.83. The summed E-state index contributed by atoms with van der Waals surface area (Å²) >= 11 is 0. The van der Waals surface area contributed by atoms with Gasteiger partial charge in [-0.1, -0.05) is 11.6 Å². The quantitative estimate of drug-likeness (QED) is 0.644. The smallest absolute Gasteiger partial charge is 0.124 e. The minimum atomic E-state index is 0.148. The molecule has 0 spiro atoms. The van der Waals surface area contributed by atoms with Gasteiger partial charge in [-0.2, -0.15) is 0 Å². The molecule has 19 heavy (non-hydrogen) atoms. The second kappa shape index (κ2) is 5.61. The van der Waals surface area contributed by atoms with E-state index in [9.17, 15) is 0 Å². The van der Waals surface area contributed by atoms with Crippen molar-refractivity contribution in [1.29, 1.82) is 5.41 Å². The highest BCUT2D eigenvalue weighted by Gasteiger charge is 2.23. The maximum Gasteiger partial charge on any atom is 0.124 e. The first kappa shape index (κ1) is 13.9. The summed E-state index contributed by atoms with van der Waals surface area (Å²) in [5.41, 5.74) is 8.78. The summed E-state index contributed by atoms with van der Waals surface area (Å²) in [4.78, 5) is 4.65. The SMILES string of the molecule is Cc1ccc(N(C)C2CCCN(C)C2)c(C(=N)N)c1. The molecule has 0 aliphatic carbocycles. The van der Waals surface area contributed by atoms with Gasteiger partial charge < -0.3 is 15.5 Å². The number of rotatable bonds is 3. The zero-order chi connectivity index (χ0) is 14.0. The minimum Gasteiger partial charge on any atom is -0.384 e. The molecule has 1 aliphatic heterocycles. The molecule has 4 heteroatoms. The number of nitrogens with two attached hydrogens (primary N) is 1. The Hall–Kier alpha value is -1.55. The van der Waals surface area contributed by atoms with Crippen molar-refractivity contribution in [3.05, 3.63) is 29.3 Å². The first-order chi connectivity index (χ1) is 8.99. The van der Waals surface area contributed by atoms with E-state index < -0.39 is 0 Å². The predicted octanol–water partition coefficient (Wildman–Crippen LogP) is 1.81. The van der Waals surface area contributed by atoms with Crippen molar-refractivity contribution < 1.29 is 0 Å². The van der Waals surface area contributed by atoms with Gasteiger partial charge in [-0.05, 0) is 45.5 Å². The maximum absolute atomic E-state index is 7.76. The molecule has 0 bridgehead atoms. The van der Waals surface area contributed by atoms with Gasteiger partial charge in [0.25, 0.3) is 0 Å². The van der Waals surface area contributed by atoms with Crippen LogP contribution in [0.2, 0.25) is 0 Å². The highest BCUT2D eigenvalue weighted by atomic mass is 15.2. The van der Waals surface area contributed by atoms with Gasteiger partial charge in [-0.3, -0.25) is 5.41 Å². The van der Waals surface area contributed by atoms with Crippen molar-refractivity contribution >= 4 is 11.5 Å². The third kappa shape index (κ3) is 3.07. The molecule has 1 saturated heterocycles. The highest BCUT2D eigenvalue weighted by molar-refractivity contribution is 6.00. The third-order valence-electron chi connectivity index (χ3n) is 3.97. The fraction of sp³-hybridized carbons (Fsp3) is 0.533. The Morgan fingerprint density at radius 1 is 1.47 bits per heavy atom. The molecule has 0 saturated carbocycles. The first-order valence-electron chi connectivity index (χ1n) is 6.85. The molecule has 1 fully saturated rings. The van der Waals surface area contributed by atoms with Crippen LogP contribution in [0.4, 0.5) is 5.69 Å². The molecule has 1 aromatic rings. The number of likely N-dealkylation sites (tertiary alicyclic amines) is 1. The zero-order valence-corrected chi connectivity index (χ0v) is 12.1. The Morgan fingerprint density at radius 2 is 2.21 bits per heavy atom. The van der Waals surface area contributed by atoms with Crippen LogP contribution in [0.25, 0.3) is 0 Å². The van der Waals surface area contributed by atoms with Crippen LogP contribution < -0.4 is 10.6 Å². The van der Waals surface area contributed by atoms with Gasteiger partial charge in [0.15, 0.2) is 0 Å². The van der Waals surface area contributed by atoms with E-state index in [2.05, 4.69) is 36.0 Å². The summed E-state index contributed by atoms with van der Waals surface area (Å²) in [7, 11) is 4.28. The molecule has 0 radical (unpaired) electrons. The summed E-state index contributed by atoms with van der Waals surface area (Å²) in [5, 5.41) is 7.76. The van der Waals surface area contributed by atoms with Crippen molar-refractivity contribution in [3.8, 4) is 0 Å². The van der Waals surface area contributed by atoms with Crippen LogP contribution in [0.3, 0.4) is 0 Å². The lowest BCUT2D eigenvalue weighted by Crippen LogP contribution is -2.45. The number of amidine groups is 1. The van der Waals surface area contributed by atoms with E-state index in [1.165, 1.54) is 19.4 Å². The number of anilines is 1. The normalized spacial score (nSPS) is 20.3. The van der Waals surface area contributed by atoms with Crippen LogP contribution in [0.5, 0.6) is 0 Å². The van der Waals surface area contributed by atoms with E-state index in [0.29, 0.717) is 6.04 Å². The summed E-state index contributed by atoms with van der Waals surface area (Å²) in [5.74, 6) is 0.148. The summed E-state index contributed by atoms with van der Waals surface area (Å²) in [6.45, 7) is 4.28. The van der Waals surface area contributed by atoms with Gasteiger partial charge in [0, 0.05) is 30.9 Å². The largest absolute Gasteiger partial charge is 0.384 e. The number of nitrogens with one attached hydrogen (secondary N) is 1. The van der Waals surface area contributed by atoms with Gasteiger partial charge in [0.2, 0.25) is 0 Å². The first-order valence-corrected chi connectivity index (χ1v) is 6.85. The van der Waals surface area contributed by atoms with Gasteiger partial charge in [-0.25, -0.2) is 0 Å². The van der Waals surface area contributed by atoms with Crippen LogP contribution in [0.1, 0.15) is 24.0 Å². The molecule has 1 atom stereocenters. The van der Waals surface area contributed by atoms with E-state index in [4.69, 9.17) is 11.1 Å². The summed E-state index contributed by atoms with van der Waals surface area (Å²) in [6, 6.07) is 6.67. The lowest BCUT2D eigenvalue weighted by molar-refractivity contribution is 0.248. The second-order valence-electron chi connectivity index (χ2n) is 5.60. The number of piperidine rings is 1. The van der Waals surface area contributed by atoms with E-state index in [-0.39, 0.29) is 5.84 Å². The van der Waals surface area contributed by atoms with Crippen LogP contribution in [-0.4, -0.2) is 44.0 Å². The van der Waals surface area contributed by atoms with E-state index in [0.717, 1.165) is 23.4 Å². The molecule has 1 unspecified atom stereocenters. The van der Waals surface area contributed by atoms with E-state index in [1.807, 2.05) is 13.0 Å². The Morgan fingerprint density at radius 3 is 2.84 bits per heavy atom. The van der Waals surface area contributed by atoms with Crippen molar-refractivity contribution in [2.24, 2.45) is 5.73 Å². The number of nitrogen functional groups attached to an aromatic ring is 1. The molecule has 2 rings (SSSR count). The Balaban J connectivity index is 2.27. The molecule has 1 heterocycles. The molecule has 4 nitrogen and oxygen atoms in total. The predicted molar refractivity (Wildman–Crippen MR) is 81.1 cm³/mol. The number of benzene rings is 1. The molecule has 0 aromatic heterocycles. The van der Waals surface area contributed by atoms with Gasteiger partial charge in [0.05, 0.1) is 0 Å². The standard InChI is InChI=1S/C15H24N4/c1-11-6-7-14(13(9-11)15(16)17)19(3)12-5-4-8-18(2)10-12/h6-7,9,12H,4-5,8,10H2,1-3H3,(H3,16,17). The molecule has 3 N–H and O–H groups in total. The Labute approximate surface area is 115 Å². The Kier molecular flexibility index (Phi) is 4.10. The van der Waals surface area contributed by atoms with Crippen LogP contribution in [-0.2, 0) is 0 Å². The number of nitrogens with zero attached hydrogens (tertiary/aromatic N) is 2. The number of hydrogen-bond acceptors (Lipinski definition) is 3. The molecule has 104 valence electrons. The highest BCUT2D eigenvalue weighted by Crippen LogP contribution is 2.25. The molecular formula is C15H24N4. The second-order valence-corrected chi connectivity index (χ2v) is 5.60. The fourth-order valence-corrected chi connectivity index (χ4v) is 2.83.